The minimum Gasteiger partial charge on any atom is -0.495 e. The minimum absolute atomic E-state index is 0.00153. The quantitative estimate of drug-likeness (QED) is 0.120. The SMILES string of the molecule is COc1ccc(N(CC(=O)N/N=C\c2cc(Br)c(OCc3ccc(Cl)c(Cl)c3)c(OC)c2)S(=O)(=O)c2ccccc2)cc1Cl. The molecule has 4 aromatic rings. The number of halogens is 4. The summed E-state index contributed by atoms with van der Waals surface area (Å²) in [6, 6.07) is 20.7. The standard InChI is InChI=1S/C30H25BrCl3N3O6S/c1-41-27-11-9-21(15-26(27)34)37(44(39,40)22-6-4-3-5-7-22)17-29(38)36-35-16-20-12-23(31)30(28(14-20)42-2)43-18-19-8-10-24(32)25(33)13-19/h3-16H,17-18H2,1-2H3,(H,36,38)/b35-16-. The first-order valence-corrected chi connectivity index (χ1v) is 16.1. The second-order valence-corrected chi connectivity index (χ2v) is 12.9. The van der Waals surface area contributed by atoms with Gasteiger partial charge in [0.05, 0.1) is 50.6 Å². The van der Waals surface area contributed by atoms with E-state index in [0.29, 0.717) is 37.3 Å². The van der Waals surface area contributed by atoms with Crippen LogP contribution in [0, 0.1) is 0 Å². The Morgan fingerprint density at radius 2 is 1.64 bits per heavy atom. The highest BCUT2D eigenvalue weighted by atomic mass is 79.9. The zero-order valence-corrected chi connectivity index (χ0v) is 27.9. The van der Waals surface area contributed by atoms with Crippen molar-refractivity contribution in [1.82, 2.24) is 5.43 Å². The van der Waals surface area contributed by atoms with Crippen LogP contribution in [0.25, 0.3) is 0 Å². The van der Waals surface area contributed by atoms with E-state index in [0.717, 1.165) is 9.87 Å². The third kappa shape index (κ3) is 8.16. The lowest BCUT2D eigenvalue weighted by atomic mass is 10.2. The lowest BCUT2D eigenvalue weighted by Gasteiger charge is -2.24. The summed E-state index contributed by atoms with van der Waals surface area (Å²) in [5.74, 6) is 0.512. The van der Waals surface area contributed by atoms with Crippen molar-refractivity contribution in [3.8, 4) is 17.2 Å². The van der Waals surface area contributed by atoms with E-state index in [1.807, 2.05) is 0 Å². The maximum absolute atomic E-state index is 13.5. The summed E-state index contributed by atoms with van der Waals surface area (Å²) in [4.78, 5) is 13.0. The topological polar surface area (TPSA) is 107 Å². The van der Waals surface area contributed by atoms with Gasteiger partial charge in [0.25, 0.3) is 15.9 Å². The Morgan fingerprint density at radius 3 is 2.30 bits per heavy atom. The molecule has 1 amide bonds. The Balaban J connectivity index is 1.50. The fourth-order valence-electron chi connectivity index (χ4n) is 3.93. The summed E-state index contributed by atoms with van der Waals surface area (Å²) in [6.45, 7) is -0.372. The Morgan fingerprint density at radius 1 is 0.909 bits per heavy atom. The number of anilines is 1. The Labute approximate surface area is 278 Å². The van der Waals surface area contributed by atoms with E-state index < -0.39 is 22.5 Å². The number of carbonyl (C=O) groups excluding carboxylic acids is 1. The van der Waals surface area contributed by atoms with Crippen LogP contribution in [0.4, 0.5) is 5.69 Å². The molecule has 4 rings (SSSR count). The first-order chi connectivity index (χ1) is 21.0. The third-order valence-electron chi connectivity index (χ3n) is 6.06. The molecule has 44 heavy (non-hydrogen) atoms. The summed E-state index contributed by atoms with van der Waals surface area (Å²) in [7, 11) is -1.21. The van der Waals surface area contributed by atoms with Crippen molar-refractivity contribution in [2.75, 3.05) is 25.1 Å². The van der Waals surface area contributed by atoms with Gasteiger partial charge in [-0.25, -0.2) is 13.8 Å². The number of carbonyl (C=O) groups is 1. The van der Waals surface area contributed by atoms with Crippen LogP contribution in [0.1, 0.15) is 11.1 Å². The molecule has 0 spiro atoms. The van der Waals surface area contributed by atoms with Crippen LogP contribution in [-0.2, 0) is 21.4 Å². The van der Waals surface area contributed by atoms with Crippen molar-refractivity contribution in [3.05, 3.63) is 110 Å². The highest BCUT2D eigenvalue weighted by Crippen LogP contribution is 2.37. The molecule has 1 N–H and O–H groups in total. The number of nitrogens with zero attached hydrogens (tertiary/aromatic N) is 2. The van der Waals surface area contributed by atoms with Crippen LogP contribution < -0.4 is 23.9 Å². The first-order valence-electron chi connectivity index (χ1n) is 12.7. The first kappa shape index (κ1) is 33.4. The summed E-state index contributed by atoms with van der Waals surface area (Å²) >= 11 is 21.8. The van der Waals surface area contributed by atoms with Gasteiger partial charge in [-0.2, -0.15) is 5.10 Å². The van der Waals surface area contributed by atoms with Gasteiger partial charge in [0.15, 0.2) is 11.5 Å². The van der Waals surface area contributed by atoms with E-state index in [2.05, 4.69) is 26.5 Å². The predicted octanol–water partition coefficient (Wildman–Crippen LogP) is 7.35. The van der Waals surface area contributed by atoms with Gasteiger partial charge < -0.3 is 14.2 Å². The number of hydrogen-bond acceptors (Lipinski definition) is 7. The smallest absolute Gasteiger partial charge is 0.264 e. The number of benzene rings is 4. The molecule has 230 valence electrons. The molecule has 0 saturated carbocycles. The molecule has 0 aliphatic rings. The van der Waals surface area contributed by atoms with Gasteiger partial charge in [0, 0.05) is 0 Å². The van der Waals surface area contributed by atoms with Gasteiger partial charge in [0.2, 0.25) is 0 Å². The molecule has 0 atom stereocenters. The van der Waals surface area contributed by atoms with Crippen molar-refractivity contribution in [3.63, 3.8) is 0 Å². The average molecular weight is 742 g/mol. The van der Waals surface area contributed by atoms with Gasteiger partial charge in [-0.15, -0.1) is 0 Å². The lowest BCUT2D eigenvalue weighted by Crippen LogP contribution is -2.39. The largest absolute Gasteiger partial charge is 0.495 e. The highest BCUT2D eigenvalue weighted by molar-refractivity contribution is 9.10. The summed E-state index contributed by atoms with van der Waals surface area (Å²) in [6.07, 6.45) is 1.38. The number of hydrazone groups is 1. The van der Waals surface area contributed by atoms with Crippen LogP contribution in [0.3, 0.4) is 0 Å². The fraction of sp³-hybridized carbons (Fsp3) is 0.133. The molecule has 0 aromatic heterocycles. The third-order valence-corrected chi connectivity index (χ3v) is 9.48. The summed E-state index contributed by atoms with van der Waals surface area (Å²) in [5, 5.41) is 5.05. The van der Waals surface area contributed by atoms with Gasteiger partial charge in [-0.3, -0.25) is 9.10 Å². The van der Waals surface area contributed by atoms with Crippen LogP contribution in [0.2, 0.25) is 15.1 Å². The van der Waals surface area contributed by atoms with E-state index in [4.69, 9.17) is 49.0 Å². The van der Waals surface area contributed by atoms with Gasteiger partial charge in [0.1, 0.15) is 18.9 Å². The number of hydrogen-bond donors (Lipinski definition) is 1. The maximum Gasteiger partial charge on any atom is 0.264 e. The molecule has 4 aromatic carbocycles. The number of sulfonamides is 1. The summed E-state index contributed by atoms with van der Waals surface area (Å²) < 4.78 is 45.2. The normalized spacial score (nSPS) is 11.3. The number of methoxy groups -OCH3 is 2. The second kappa shape index (κ2) is 15.0. The van der Waals surface area contributed by atoms with E-state index >= 15 is 0 Å². The molecule has 0 bridgehead atoms. The monoisotopic (exact) mass is 739 g/mol. The number of rotatable bonds is 12. The lowest BCUT2D eigenvalue weighted by molar-refractivity contribution is -0.119. The maximum atomic E-state index is 13.5. The molecule has 0 unspecified atom stereocenters. The van der Waals surface area contributed by atoms with Crippen LogP contribution in [0.15, 0.2) is 93.3 Å². The average Bonchev–Trinajstić information content (AvgIpc) is 3.01. The van der Waals surface area contributed by atoms with E-state index in [1.54, 1.807) is 48.5 Å². The van der Waals surface area contributed by atoms with Crippen molar-refractivity contribution >= 4 is 78.6 Å². The van der Waals surface area contributed by atoms with Gasteiger partial charge in [-0.05, 0) is 81.7 Å². The molecule has 0 radical (unpaired) electrons. The Hall–Kier alpha value is -3.48. The molecule has 0 heterocycles. The zero-order valence-electron chi connectivity index (χ0n) is 23.3. The van der Waals surface area contributed by atoms with E-state index in [-0.39, 0.29) is 22.2 Å². The molecule has 14 heteroatoms. The van der Waals surface area contributed by atoms with Crippen molar-refractivity contribution < 1.29 is 27.4 Å². The molecule has 0 fully saturated rings. The number of amides is 1. The van der Waals surface area contributed by atoms with Crippen molar-refractivity contribution in [1.29, 1.82) is 0 Å². The highest BCUT2D eigenvalue weighted by Gasteiger charge is 2.27. The number of ether oxygens (including phenoxy) is 3. The molecule has 9 nitrogen and oxygen atoms in total. The molecule has 0 saturated heterocycles. The molecular weight excluding hydrogens is 717 g/mol. The van der Waals surface area contributed by atoms with E-state index in [9.17, 15) is 13.2 Å². The zero-order chi connectivity index (χ0) is 31.9. The molecular formula is C30H25BrCl3N3O6S. The Kier molecular flexibility index (Phi) is 11.4. The summed E-state index contributed by atoms with van der Waals surface area (Å²) in [5.41, 5.74) is 3.92. The molecule has 0 aliphatic heterocycles. The van der Waals surface area contributed by atoms with E-state index in [1.165, 1.54) is 50.8 Å². The van der Waals surface area contributed by atoms with Crippen LogP contribution in [0.5, 0.6) is 17.2 Å². The number of nitrogens with one attached hydrogen (secondary N) is 1. The van der Waals surface area contributed by atoms with Crippen molar-refractivity contribution in [2.45, 2.75) is 11.5 Å². The molecule has 0 aliphatic carbocycles. The van der Waals surface area contributed by atoms with Crippen LogP contribution in [-0.4, -0.2) is 41.3 Å². The predicted molar refractivity (Wildman–Crippen MR) is 176 cm³/mol. The van der Waals surface area contributed by atoms with Crippen molar-refractivity contribution in [2.24, 2.45) is 5.10 Å². The van der Waals surface area contributed by atoms with Gasteiger partial charge >= 0.3 is 0 Å². The van der Waals surface area contributed by atoms with Gasteiger partial charge in [-0.1, -0.05) is 59.1 Å². The minimum atomic E-state index is -4.14. The second-order valence-electron chi connectivity index (χ2n) is 9.01. The Bertz CT molecular complexity index is 1790. The van der Waals surface area contributed by atoms with Crippen LogP contribution >= 0.6 is 50.7 Å². The fourth-order valence-corrected chi connectivity index (χ4v) is 6.51.